The van der Waals surface area contributed by atoms with Gasteiger partial charge in [-0.2, -0.15) is 0 Å². The fraction of sp³-hybridized carbons (Fsp3) is 0.414. The number of hydrogen-bond donors (Lipinski definition) is 3. The number of likely N-dealkylation sites (N-methyl/N-ethyl adjacent to an activating group) is 2. The van der Waals surface area contributed by atoms with Crippen LogP contribution in [0.5, 0.6) is 0 Å². The second-order valence-corrected chi connectivity index (χ2v) is 10.1. The molecule has 0 bridgehead atoms. The fourth-order valence-electron chi connectivity index (χ4n) is 4.26. The lowest BCUT2D eigenvalue weighted by Gasteiger charge is -2.39. The normalized spacial score (nSPS) is 16.8. The number of rotatable bonds is 9. The van der Waals surface area contributed by atoms with E-state index in [0.29, 0.717) is 11.7 Å². The molecule has 9 nitrogen and oxygen atoms in total. The van der Waals surface area contributed by atoms with E-state index in [2.05, 4.69) is 34.2 Å². The maximum atomic E-state index is 13.0. The van der Waals surface area contributed by atoms with Crippen LogP contribution in [-0.2, 0) is 20.9 Å². The molecule has 200 valence electrons. The molecule has 2 aliphatic rings. The minimum atomic E-state index is -1.94. The van der Waals surface area contributed by atoms with Crippen LogP contribution < -0.4 is 10.8 Å². The third-order valence-corrected chi connectivity index (χ3v) is 7.22. The Kier molecular flexibility index (Phi) is 8.47. The molecule has 1 aliphatic carbocycles. The van der Waals surface area contributed by atoms with Crippen molar-refractivity contribution in [1.82, 2.24) is 20.6 Å². The van der Waals surface area contributed by atoms with Crippen molar-refractivity contribution in [1.29, 1.82) is 0 Å². The molecule has 9 heteroatoms. The summed E-state index contributed by atoms with van der Waals surface area (Å²) in [4.78, 5) is 40.9. The molecule has 38 heavy (non-hydrogen) atoms. The molecule has 0 radical (unpaired) electrons. The Morgan fingerprint density at radius 2 is 1.61 bits per heavy atom. The average molecular weight is 519 g/mol. The first-order valence-corrected chi connectivity index (χ1v) is 12.7. The van der Waals surface area contributed by atoms with E-state index in [9.17, 15) is 14.4 Å². The molecule has 0 unspecified atom stereocenters. The van der Waals surface area contributed by atoms with Crippen molar-refractivity contribution >= 4 is 17.7 Å². The Bertz CT molecular complexity index is 1210. The summed E-state index contributed by atoms with van der Waals surface area (Å²) in [7, 11) is 2.67. The molecule has 3 N–H and O–H groups in total. The van der Waals surface area contributed by atoms with Crippen LogP contribution in [0.1, 0.15) is 46.8 Å². The Morgan fingerprint density at radius 1 is 1.03 bits per heavy atom. The molecule has 2 fully saturated rings. The van der Waals surface area contributed by atoms with Crippen LogP contribution in [0.4, 0.5) is 0 Å². The van der Waals surface area contributed by atoms with Crippen molar-refractivity contribution < 1.29 is 24.3 Å². The number of ether oxygens (including phenoxy) is 1. The van der Waals surface area contributed by atoms with E-state index >= 15 is 0 Å². The van der Waals surface area contributed by atoms with Gasteiger partial charge in [0.05, 0.1) is 6.10 Å². The quantitative estimate of drug-likeness (QED) is 0.202. The summed E-state index contributed by atoms with van der Waals surface area (Å²) in [6, 6.07) is 14.8. The molecule has 1 atom stereocenters. The Labute approximate surface area is 223 Å². The van der Waals surface area contributed by atoms with Crippen LogP contribution in [0.2, 0.25) is 0 Å². The number of nitrogens with zero attached hydrogens (tertiary/aromatic N) is 2. The summed E-state index contributed by atoms with van der Waals surface area (Å²) >= 11 is 0. The fourth-order valence-corrected chi connectivity index (χ4v) is 4.26. The molecule has 2 aromatic rings. The lowest BCUT2D eigenvalue weighted by Crippen LogP contribution is -2.64. The molecule has 1 saturated carbocycles. The van der Waals surface area contributed by atoms with Crippen molar-refractivity contribution in [2.24, 2.45) is 5.92 Å². The number of carbonyl (C=O) groups is 3. The summed E-state index contributed by atoms with van der Waals surface area (Å²) in [5.74, 6) is 4.72. The predicted molar refractivity (Wildman–Crippen MR) is 141 cm³/mol. The van der Waals surface area contributed by atoms with Gasteiger partial charge in [0.2, 0.25) is 0 Å². The number of amides is 3. The lowest BCUT2D eigenvalue weighted by atomic mass is 9.96. The monoisotopic (exact) mass is 518 g/mol. The second kappa shape index (κ2) is 11.8. The number of hydroxylamine groups is 1. The maximum absolute atomic E-state index is 13.0. The van der Waals surface area contributed by atoms with Crippen molar-refractivity contribution in [2.75, 3.05) is 33.8 Å². The summed E-state index contributed by atoms with van der Waals surface area (Å²) in [5.41, 5.74) is 2.64. The molecule has 0 spiro atoms. The molecule has 2 aromatic carbocycles. The van der Waals surface area contributed by atoms with Crippen LogP contribution in [0.25, 0.3) is 0 Å². The molecular weight excluding hydrogens is 484 g/mol. The molecule has 1 saturated heterocycles. The van der Waals surface area contributed by atoms with Crippen LogP contribution >= 0.6 is 0 Å². The van der Waals surface area contributed by atoms with E-state index in [0.717, 1.165) is 42.6 Å². The standard InChI is InChI=1S/C29H34N4O5/c1-29(27(35)30-2,28(36)31-37)32(3)26(34)24-14-12-21(13-15-24)5-4-20-6-8-22(9-7-20)16-33-17-25(18-33)38-19-23-10-11-23/h6-9,12-15,23,25,37H,10-11,16-19H2,1-3H3,(H,30,35)(H,31,36)/t29-/m0/s1. The van der Waals surface area contributed by atoms with Gasteiger partial charge in [-0.1, -0.05) is 24.0 Å². The van der Waals surface area contributed by atoms with E-state index in [1.165, 1.54) is 44.9 Å². The van der Waals surface area contributed by atoms with Crippen LogP contribution in [0, 0.1) is 17.8 Å². The molecule has 4 rings (SSSR count). The van der Waals surface area contributed by atoms with Crippen molar-refractivity contribution in [3.63, 3.8) is 0 Å². The highest BCUT2D eigenvalue weighted by Gasteiger charge is 2.47. The Balaban J connectivity index is 1.32. The van der Waals surface area contributed by atoms with Gasteiger partial charge in [-0.05, 0) is 67.6 Å². The molecule has 1 aliphatic heterocycles. The van der Waals surface area contributed by atoms with Gasteiger partial charge in [0.25, 0.3) is 17.7 Å². The van der Waals surface area contributed by atoms with Crippen LogP contribution in [0.15, 0.2) is 48.5 Å². The van der Waals surface area contributed by atoms with Crippen LogP contribution in [0.3, 0.4) is 0 Å². The summed E-state index contributed by atoms with van der Waals surface area (Å²) in [5, 5.41) is 11.4. The van der Waals surface area contributed by atoms with Gasteiger partial charge < -0.3 is 15.0 Å². The number of nitrogens with one attached hydrogen (secondary N) is 2. The second-order valence-electron chi connectivity index (χ2n) is 10.1. The minimum Gasteiger partial charge on any atom is -0.375 e. The first kappa shape index (κ1) is 27.3. The van der Waals surface area contributed by atoms with Gasteiger partial charge in [0, 0.05) is 57.0 Å². The van der Waals surface area contributed by atoms with E-state index in [1.807, 2.05) is 12.1 Å². The highest BCUT2D eigenvalue weighted by molar-refractivity contribution is 6.12. The highest BCUT2D eigenvalue weighted by Crippen LogP contribution is 2.30. The van der Waals surface area contributed by atoms with Crippen molar-refractivity contribution in [2.45, 2.75) is 38.0 Å². The van der Waals surface area contributed by atoms with Gasteiger partial charge in [-0.15, -0.1) is 0 Å². The van der Waals surface area contributed by atoms with E-state index in [4.69, 9.17) is 9.94 Å². The minimum absolute atomic E-state index is 0.273. The zero-order valence-electron chi connectivity index (χ0n) is 22.0. The number of carbonyl (C=O) groups excluding carboxylic acids is 3. The van der Waals surface area contributed by atoms with Crippen molar-refractivity contribution in [3.8, 4) is 11.8 Å². The van der Waals surface area contributed by atoms with Gasteiger partial charge in [-0.3, -0.25) is 24.5 Å². The van der Waals surface area contributed by atoms with Gasteiger partial charge in [0.1, 0.15) is 0 Å². The van der Waals surface area contributed by atoms with Gasteiger partial charge in [-0.25, -0.2) is 5.48 Å². The smallest absolute Gasteiger partial charge is 0.278 e. The molecule has 1 heterocycles. The summed E-state index contributed by atoms with van der Waals surface area (Å²) < 4.78 is 5.92. The third-order valence-electron chi connectivity index (χ3n) is 7.22. The number of likely N-dealkylation sites (tertiary alicyclic amines) is 1. The van der Waals surface area contributed by atoms with Gasteiger partial charge in [0.15, 0.2) is 5.54 Å². The van der Waals surface area contributed by atoms with Gasteiger partial charge >= 0.3 is 0 Å². The van der Waals surface area contributed by atoms with Crippen molar-refractivity contribution in [3.05, 3.63) is 70.8 Å². The third kappa shape index (κ3) is 6.22. The van der Waals surface area contributed by atoms with Crippen LogP contribution in [-0.4, -0.2) is 78.2 Å². The Hall–Kier alpha value is -3.71. The lowest BCUT2D eigenvalue weighted by molar-refractivity contribution is -0.148. The Morgan fingerprint density at radius 3 is 2.13 bits per heavy atom. The summed E-state index contributed by atoms with van der Waals surface area (Å²) in [6.07, 6.45) is 3.02. The van der Waals surface area contributed by atoms with E-state index in [1.54, 1.807) is 24.3 Å². The SMILES string of the molecule is CNC(=O)[C@@](C)(C(=O)NO)N(C)C(=O)c1ccc(C#Cc2ccc(CN3CC(OCC4CC4)C3)cc2)cc1. The first-order chi connectivity index (χ1) is 18.2. The van der Waals surface area contributed by atoms with E-state index < -0.39 is 23.3 Å². The molecular formula is C29H34N4O5. The molecule has 3 amide bonds. The largest absolute Gasteiger partial charge is 0.375 e. The topological polar surface area (TPSA) is 111 Å². The zero-order valence-corrected chi connectivity index (χ0v) is 22.0. The number of benzene rings is 2. The number of hydrogen-bond acceptors (Lipinski definition) is 6. The molecule has 0 aromatic heterocycles. The maximum Gasteiger partial charge on any atom is 0.278 e. The first-order valence-electron chi connectivity index (χ1n) is 12.7. The van der Waals surface area contributed by atoms with E-state index in [-0.39, 0.29) is 5.56 Å². The highest BCUT2D eigenvalue weighted by atomic mass is 16.5. The average Bonchev–Trinajstić information content (AvgIpc) is 3.76. The summed E-state index contributed by atoms with van der Waals surface area (Å²) in [6.45, 7) is 5.05. The predicted octanol–water partition coefficient (Wildman–Crippen LogP) is 1.78. The zero-order chi connectivity index (χ0) is 27.3.